The molecular weight excluding hydrogens is 767 g/mol. The Morgan fingerprint density at radius 3 is 1.27 bits per heavy atom. The van der Waals surface area contributed by atoms with E-state index in [9.17, 15) is 0 Å². The van der Waals surface area contributed by atoms with Crippen molar-refractivity contribution in [2.24, 2.45) is 0 Å². The molecule has 9 aromatic carbocycles. The van der Waals surface area contributed by atoms with Gasteiger partial charge in [-0.15, -0.1) is 0 Å². The van der Waals surface area contributed by atoms with E-state index in [0.717, 1.165) is 50.1 Å². The Bertz CT molecular complexity index is 3570. The van der Waals surface area contributed by atoms with E-state index in [-0.39, 0.29) is 0 Å². The fraction of sp³-hybridized carbons (Fsp3) is 0.0172. The summed E-state index contributed by atoms with van der Waals surface area (Å²) < 4.78 is 4.78. The summed E-state index contributed by atoms with van der Waals surface area (Å²) in [7, 11) is 0. The molecule has 5 nitrogen and oxygen atoms in total. The van der Waals surface area contributed by atoms with Crippen molar-refractivity contribution in [3.8, 4) is 67.8 Å². The van der Waals surface area contributed by atoms with Crippen LogP contribution in [0.25, 0.3) is 111 Å². The zero-order valence-electron chi connectivity index (χ0n) is 34.5. The van der Waals surface area contributed by atoms with Gasteiger partial charge in [0.25, 0.3) is 0 Å². The third-order valence-electron chi connectivity index (χ3n) is 12.3. The van der Waals surface area contributed by atoms with Crippen LogP contribution in [0.4, 0.5) is 0 Å². The molecule has 12 rings (SSSR count). The summed E-state index contributed by atoms with van der Waals surface area (Å²) in [6, 6.07) is 77.5. The van der Waals surface area contributed by atoms with Gasteiger partial charge in [-0.3, -0.25) is 0 Å². The lowest BCUT2D eigenvalue weighted by molar-refractivity contribution is 1.06. The molecular formula is C58H39N5. The van der Waals surface area contributed by atoms with E-state index in [1.807, 2.05) is 36.4 Å². The molecule has 296 valence electrons. The molecule has 63 heavy (non-hydrogen) atoms. The minimum Gasteiger partial charge on any atom is -0.309 e. The first kappa shape index (κ1) is 36.4. The largest absolute Gasteiger partial charge is 0.309 e. The van der Waals surface area contributed by atoms with Crippen molar-refractivity contribution in [3.05, 3.63) is 224 Å². The third-order valence-corrected chi connectivity index (χ3v) is 12.3. The van der Waals surface area contributed by atoms with Crippen LogP contribution in [0.15, 0.2) is 218 Å². The number of para-hydroxylation sites is 3. The molecule has 0 bridgehead atoms. The zero-order chi connectivity index (χ0) is 41.9. The van der Waals surface area contributed by atoms with Crippen molar-refractivity contribution in [3.63, 3.8) is 0 Å². The number of hydrogen-bond acceptors (Lipinski definition) is 3. The minimum atomic E-state index is 0.603. The lowest BCUT2D eigenvalue weighted by Gasteiger charge is -2.16. The molecule has 0 saturated heterocycles. The predicted octanol–water partition coefficient (Wildman–Crippen LogP) is 14.7. The summed E-state index contributed by atoms with van der Waals surface area (Å²) in [5, 5.41) is 4.78. The van der Waals surface area contributed by atoms with Crippen LogP contribution >= 0.6 is 0 Å². The van der Waals surface area contributed by atoms with Crippen LogP contribution in [0.1, 0.15) is 5.56 Å². The summed E-state index contributed by atoms with van der Waals surface area (Å²) in [6.07, 6.45) is 0. The number of hydrogen-bond donors (Lipinski definition) is 0. The number of fused-ring (bicyclic) bond motifs is 6. The van der Waals surface area contributed by atoms with E-state index < -0.39 is 0 Å². The highest BCUT2D eigenvalue weighted by atomic mass is 15.1. The van der Waals surface area contributed by atoms with Gasteiger partial charge in [0.15, 0.2) is 17.5 Å². The molecule has 5 heteroatoms. The molecule has 0 aliphatic carbocycles. The monoisotopic (exact) mass is 805 g/mol. The normalized spacial score (nSPS) is 11.6. The molecule has 0 amide bonds. The molecule has 0 fully saturated rings. The molecule has 3 aromatic heterocycles. The lowest BCUT2D eigenvalue weighted by Crippen LogP contribution is -2.04. The molecule has 12 aromatic rings. The summed E-state index contributed by atoms with van der Waals surface area (Å²) >= 11 is 0. The van der Waals surface area contributed by atoms with Crippen LogP contribution in [0, 0.1) is 6.92 Å². The highest BCUT2D eigenvalue weighted by Gasteiger charge is 2.21. The molecule has 0 radical (unpaired) electrons. The van der Waals surface area contributed by atoms with Crippen molar-refractivity contribution >= 4 is 43.6 Å². The third kappa shape index (κ3) is 6.21. The van der Waals surface area contributed by atoms with E-state index in [1.54, 1.807) is 0 Å². The second-order valence-electron chi connectivity index (χ2n) is 16.1. The second-order valence-corrected chi connectivity index (χ2v) is 16.1. The Morgan fingerprint density at radius 2 is 0.698 bits per heavy atom. The second kappa shape index (κ2) is 14.9. The van der Waals surface area contributed by atoms with E-state index >= 15 is 0 Å². The van der Waals surface area contributed by atoms with Crippen LogP contribution < -0.4 is 0 Å². The molecule has 0 unspecified atom stereocenters. The van der Waals surface area contributed by atoms with Crippen LogP contribution in [-0.2, 0) is 0 Å². The van der Waals surface area contributed by atoms with Gasteiger partial charge in [-0.2, -0.15) is 0 Å². The summed E-state index contributed by atoms with van der Waals surface area (Å²) in [6.45, 7) is 2.19. The van der Waals surface area contributed by atoms with E-state index in [0.29, 0.717) is 17.5 Å². The topological polar surface area (TPSA) is 48.5 Å². The molecule has 3 heterocycles. The first-order chi connectivity index (χ1) is 31.2. The number of nitrogens with zero attached hydrogens (tertiary/aromatic N) is 5. The summed E-state index contributed by atoms with van der Waals surface area (Å²) in [5.41, 5.74) is 15.3. The van der Waals surface area contributed by atoms with Gasteiger partial charge in [-0.05, 0) is 89.3 Å². The van der Waals surface area contributed by atoms with Gasteiger partial charge < -0.3 is 9.13 Å². The zero-order valence-corrected chi connectivity index (χ0v) is 34.5. The van der Waals surface area contributed by atoms with Crippen LogP contribution in [0.2, 0.25) is 0 Å². The average molecular weight is 806 g/mol. The highest BCUT2D eigenvalue weighted by molar-refractivity contribution is 6.12. The van der Waals surface area contributed by atoms with Crippen molar-refractivity contribution in [1.29, 1.82) is 0 Å². The maximum atomic E-state index is 5.30. The van der Waals surface area contributed by atoms with Crippen molar-refractivity contribution in [2.75, 3.05) is 0 Å². The molecule has 0 aliphatic rings. The molecule has 0 aliphatic heterocycles. The average Bonchev–Trinajstić information content (AvgIpc) is 3.86. The van der Waals surface area contributed by atoms with Crippen LogP contribution in [0.3, 0.4) is 0 Å². The van der Waals surface area contributed by atoms with Gasteiger partial charge in [0.2, 0.25) is 0 Å². The molecule has 0 atom stereocenters. The Hall–Kier alpha value is -8.41. The fourth-order valence-corrected chi connectivity index (χ4v) is 9.29. The van der Waals surface area contributed by atoms with Crippen LogP contribution in [0.5, 0.6) is 0 Å². The molecule has 0 spiro atoms. The number of aryl methyl sites for hydroxylation is 1. The van der Waals surface area contributed by atoms with Gasteiger partial charge in [-0.1, -0.05) is 164 Å². The maximum Gasteiger partial charge on any atom is 0.166 e. The SMILES string of the molecule is Cc1ccccc1-n1c2ccc(-c3ccccc3)cc2c2cc(-c3ccc(-n4c5ccccc5c5ccccc54)c(-c4nc(-c5ccccc5)nc(-c5ccccc5)n4)c3)ccc21. The van der Waals surface area contributed by atoms with E-state index in [4.69, 9.17) is 15.0 Å². The number of benzene rings is 9. The van der Waals surface area contributed by atoms with E-state index in [2.05, 4.69) is 198 Å². The van der Waals surface area contributed by atoms with Gasteiger partial charge in [0, 0.05) is 43.9 Å². The van der Waals surface area contributed by atoms with Crippen LogP contribution in [-0.4, -0.2) is 24.1 Å². The van der Waals surface area contributed by atoms with Crippen molar-refractivity contribution in [1.82, 2.24) is 24.1 Å². The van der Waals surface area contributed by atoms with Gasteiger partial charge >= 0.3 is 0 Å². The lowest BCUT2D eigenvalue weighted by atomic mass is 9.98. The highest BCUT2D eigenvalue weighted by Crippen LogP contribution is 2.41. The first-order valence-electron chi connectivity index (χ1n) is 21.4. The molecule has 0 saturated carbocycles. The predicted molar refractivity (Wildman–Crippen MR) is 260 cm³/mol. The fourth-order valence-electron chi connectivity index (χ4n) is 9.29. The summed E-state index contributed by atoms with van der Waals surface area (Å²) in [4.78, 5) is 15.7. The van der Waals surface area contributed by atoms with Crippen molar-refractivity contribution < 1.29 is 0 Å². The van der Waals surface area contributed by atoms with Gasteiger partial charge in [-0.25, -0.2) is 15.0 Å². The molecule has 0 N–H and O–H groups in total. The smallest absolute Gasteiger partial charge is 0.166 e. The Balaban J connectivity index is 1.13. The minimum absolute atomic E-state index is 0.603. The number of rotatable bonds is 7. The maximum absolute atomic E-state index is 5.30. The van der Waals surface area contributed by atoms with Crippen molar-refractivity contribution in [2.45, 2.75) is 6.92 Å². The Labute approximate surface area is 364 Å². The van der Waals surface area contributed by atoms with Gasteiger partial charge in [0.05, 0.1) is 27.8 Å². The van der Waals surface area contributed by atoms with E-state index in [1.165, 1.54) is 49.4 Å². The first-order valence-corrected chi connectivity index (χ1v) is 21.4. The standard InChI is InChI=1S/C58H39N5/c1-38-17-11-14-26-50(38)62-53-32-29-42(39-18-5-2-6-19-39)35-47(53)48-36-43(30-33-54(48)62)44-31-34-55(63-51-27-15-12-24-45(51)46-25-13-16-28-52(46)63)49(37-44)58-60-56(40-20-7-3-8-21-40)59-57(61-58)41-22-9-4-10-23-41/h2-37H,1H3. The number of aromatic nitrogens is 5. The Kier molecular flexibility index (Phi) is 8.64. The quantitative estimate of drug-likeness (QED) is 0.161. The van der Waals surface area contributed by atoms with Gasteiger partial charge in [0.1, 0.15) is 0 Å². The summed E-state index contributed by atoms with van der Waals surface area (Å²) in [5.74, 6) is 1.85. The Morgan fingerprint density at radius 1 is 0.286 bits per heavy atom.